The highest BCUT2D eigenvalue weighted by molar-refractivity contribution is 7.89. The Balaban J connectivity index is 3.14. The number of nitrogens with one attached hydrogen (secondary N) is 1. The van der Waals surface area contributed by atoms with Crippen LogP contribution in [0.5, 0.6) is 0 Å². The minimum absolute atomic E-state index is 0.0366. The maximum absolute atomic E-state index is 11.8. The van der Waals surface area contributed by atoms with Crippen LogP contribution in [0.15, 0.2) is 23.1 Å². The van der Waals surface area contributed by atoms with Crippen molar-refractivity contribution in [1.82, 2.24) is 4.72 Å². The van der Waals surface area contributed by atoms with Gasteiger partial charge in [-0.15, -0.1) is 6.42 Å². The van der Waals surface area contributed by atoms with E-state index < -0.39 is 16.1 Å². The summed E-state index contributed by atoms with van der Waals surface area (Å²) in [6.45, 7) is 1.56. The Morgan fingerprint density at radius 2 is 2.19 bits per heavy atom. The predicted molar refractivity (Wildman–Crippen MR) is 64.5 cm³/mol. The van der Waals surface area contributed by atoms with Gasteiger partial charge in [0.15, 0.2) is 0 Å². The molecule has 1 aromatic carbocycles. The molecule has 0 aliphatic heterocycles. The zero-order valence-electron chi connectivity index (χ0n) is 8.57. The lowest BCUT2D eigenvalue weighted by atomic mass is 10.3. The van der Waals surface area contributed by atoms with E-state index in [1.807, 2.05) is 0 Å². The molecule has 1 rings (SSSR count). The standard InChI is InChI=1S/C10H11ClN2O2S/c1-3-7(2)13-16(14,15)10-5-4-8(12)6-9(10)11/h1,4-7,13H,12H2,2H3. The van der Waals surface area contributed by atoms with E-state index in [-0.39, 0.29) is 9.92 Å². The Morgan fingerprint density at radius 1 is 1.56 bits per heavy atom. The van der Waals surface area contributed by atoms with Gasteiger partial charge in [-0.25, -0.2) is 8.42 Å². The van der Waals surface area contributed by atoms with Crippen molar-refractivity contribution in [3.63, 3.8) is 0 Å². The maximum atomic E-state index is 11.8. The number of rotatable bonds is 3. The van der Waals surface area contributed by atoms with Gasteiger partial charge in [0, 0.05) is 5.69 Å². The molecule has 0 bridgehead atoms. The van der Waals surface area contributed by atoms with Crippen LogP contribution in [0, 0.1) is 12.3 Å². The molecule has 0 fully saturated rings. The van der Waals surface area contributed by atoms with Crippen molar-refractivity contribution in [2.45, 2.75) is 17.9 Å². The van der Waals surface area contributed by atoms with E-state index in [1.54, 1.807) is 6.92 Å². The first-order valence-corrected chi connectivity index (χ1v) is 6.26. The van der Waals surface area contributed by atoms with Crippen LogP contribution in [0.2, 0.25) is 5.02 Å². The number of nitrogens with two attached hydrogens (primary N) is 1. The van der Waals surface area contributed by atoms with E-state index in [9.17, 15) is 8.42 Å². The van der Waals surface area contributed by atoms with Crippen LogP contribution in [0.3, 0.4) is 0 Å². The summed E-state index contributed by atoms with van der Waals surface area (Å²) in [5.74, 6) is 2.26. The Hall–Kier alpha value is -1.22. The topological polar surface area (TPSA) is 72.2 Å². The average Bonchev–Trinajstić information content (AvgIpc) is 2.16. The van der Waals surface area contributed by atoms with E-state index in [2.05, 4.69) is 10.6 Å². The molecular weight excluding hydrogens is 248 g/mol. The smallest absolute Gasteiger partial charge is 0.243 e. The minimum Gasteiger partial charge on any atom is -0.399 e. The number of anilines is 1. The molecule has 0 saturated carbocycles. The first-order chi connectivity index (χ1) is 7.36. The normalized spacial score (nSPS) is 13.1. The van der Waals surface area contributed by atoms with Gasteiger partial charge >= 0.3 is 0 Å². The van der Waals surface area contributed by atoms with Gasteiger partial charge in [0.25, 0.3) is 0 Å². The largest absolute Gasteiger partial charge is 0.399 e. The van der Waals surface area contributed by atoms with Crippen LogP contribution < -0.4 is 10.5 Å². The Bertz CT molecular complexity index is 534. The average molecular weight is 259 g/mol. The highest BCUT2D eigenvalue weighted by atomic mass is 35.5. The minimum atomic E-state index is -3.70. The quantitative estimate of drug-likeness (QED) is 0.633. The van der Waals surface area contributed by atoms with Gasteiger partial charge in [-0.1, -0.05) is 17.5 Å². The molecule has 1 unspecified atom stereocenters. The number of terminal acetylenes is 1. The second kappa shape index (κ2) is 4.74. The zero-order chi connectivity index (χ0) is 12.3. The summed E-state index contributed by atoms with van der Waals surface area (Å²) < 4.78 is 25.9. The first kappa shape index (κ1) is 12.8. The summed E-state index contributed by atoms with van der Waals surface area (Å²) in [5, 5.41) is 0.0664. The third-order valence-electron chi connectivity index (χ3n) is 1.83. The number of sulfonamides is 1. The summed E-state index contributed by atoms with van der Waals surface area (Å²) in [7, 11) is -3.70. The molecule has 1 aromatic rings. The molecule has 0 spiro atoms. The van der Waals surface area contributed by atoms with Crippen molar-refractivity contribution < 1.29 is 8.42 Å². The van der Waals surface area contributed by atoms with E-state index in [4.69, 9.17) is 23.8 Å². The van der Waals surface area contributed by atoms with Crippen LogP contribution in [-0.2, 0) is 10.0 Å². The van der Waals surface area contributed by atoms with Gasteiger partial charge in [-0.2, -0.15) is 4.72 Å². The lowest BCUT2D eigenvalue weighted by molar-refractivity contribution is 0.578. The van der Waals surface area contributed by atoms with Gasteiger partial charge in [0.1, 0.15) is 4.90 Å². The van der Waals surface area contributed by atoms with Crippen molar-refractivity contribution in [2.24, 2.45) is 0 Å². The molecule has 0 saturated heterocycles. The molecule has 6 heteroatoms. The summed E-state index contributed by atoms with van der Waals surface area (Å²) in [6, 6.07) is 3.57. The molecule has 0 aliphatic carbocycles. The Kier molecular flexibility index (Phi) is 3.81. The molecule has 3 N–H and O–H groups in total. The van der Waals surface area contributed by atoms with Crippen molar-refractivity contribution >= 4 is 27.3 Å². The summed E-state index contributed by atoms with van der Waals surface area (Å²) in [6.07, 6.45) is 5.09. The molecule has 1 atom stereocenters. The first-order valence-electron chi connectivity index (χ1n) is 4.40. The molecule has 0 aliphatic rings. The van der Waals surface area contributed by atoms with E-state index in [1.165, 1.54) is 18.2 Å². The third kappa shape index (κ3) is 2.89. The van der Waals surface area contributed by atoms with Crippen molar-refractivity contribution in [2.75, 3.05) is 5.73 Å². The zero-order valence-corrected chi connectivity index (χ0v) is 10.1. The van der Waals surface area contributed by atoms with Crippen LogP contribution in [0.1, 0.15) is 6.92 Å². The molecule has 16 heavy (non-hydrogen) atoms. The number of benzene rings is 1. The van der Waals surface area contributed by atoms with E-state index in [0.29, 0.717) is 5.69 Å². The Labute approximate surface area is 99.8 Å². The van der Waals surface area contributed by atoms with Gasteiger partial charge in [0.05, 0.1) is 11.1 Å². The fourth-order valence-corrected chi connectivity index (χ4v) is 2.78. The van der Waals surface area contributed by atoms with Gasteiger partial charge in [-0.3, -0.25) is 0 Å². The van der Waals surface area contributed by atoms with Crippen molar-refractivity contribution in [1.29, 1.82) is 0 Å². The van der Waals surface area contributed by atoms with Crippen molar-refractivity contribution in [3.8, 4) is 12.3 Å². The van der Waals surface area contributed by atoms with Crippen LogP contribution >= 0.6 is 11.6 Å². The molecule has 86 valence electrons. The van der Waals surface area contributed by atoms with Crippen LogP contribution in [0.4, 0.5) is 5.69 Å². The fraction of sp³-hybridized carbons (Fsp3) is 0.200. The number of hydrogen-bond donors (Lipinski definition) is 2. The lowest BCUT2D eigenvalue weighted by Gasteiger charge is -2.10. The Morgan fingerprint density at radius 3 is 2.69 bits per heavy atom. The molecule has 0 heterocycles. The maximum Gasteiger partial charge on any atom is 0.243 e. The molecular formula is C10H11ClN2O2S. The number of nitrogen functional groups attached to an aromatic ring is 1. The van der Waals surface area contributed by atoms with Crippen LogP contribution in [-0.4, -0.2) is 14.5 Å². The summed E-state index contributed by atoms with van der Waals surface area (Å²) in [4.78, 5) is -0.0366. The summed E-state index contributed by atoms with van der Waals surface area (Å²) >= 11 is 5.79. The van der Waals surface area contributed by atoms with Gasteiger partial charge in [0.2, 0.25) is 10.0 Å². The van der Waals surface area contributed by atoms with Gasteiger partial charge in [-0.05, 0) is 25.1 Å². The molecule has 0 amide bonds. The summed E-state index contributed by atoms with van der Waals surface area (Å²) in [5.41, 5.74) is 5.86. The third-order valence-corrected chi connectivity index (χ3v) is 3.85. The predicted octanol–water partition coefficient (Wildman–Crippen LogP) is 1.22. The molecule has 0 radical (unpaired) electrons. The molecule has 0 aromatic heterocycles. The SMILES string of the molecule is C#CC(C)NS(=O)(=O)c1ccc(N)cc1Cl. The highest BCUT2D eigenvalue weighted by Gasteiger charge is 2.19. The second-order valence-corrected chi connectivity index (χ2v) is 5.29. The number of halogens is 1. The fourth-order valence-electron chi connectivity index (χ4n) is 1.07. The molecule has 4 nitrogen and oxygen atoms in total. The highest BCUT2D eigenvalue weighted by Crippen LogP contribution is 2.23. The number of hydrogen-bond acceptors (Lipinski definition) is 3. The second-order valence-electron chi connectivity index (χ2n) is 3.20. The van der Waals surface area contributed by atoms with E-state index in [0.717, 1.165) is 0 Å². The lowest BCUT2D eigenvalue weighted by Crippen LogP contribution is -2.31. The monoisotopic (exact) mass is 258 g/mol. The van der Waals surface area contributed by atoms with Gasteiger partial charge < -0.3 is 5.73 Å². The van der Waals surface area contributed by atoms with E-state index >= 15 is 0 Å². The van der Waals surface area contributed by atoms with Crippen LogP contribution in [0.25, 0.3) is 0 Å². The van der Waals surface area contributed by atoms with Crippen molar-refractivity contribution in [3.05, 3.63) is 23.2 Å².